The third-order valence-electron chi connectivity index (χ3n) is 3.49. The molecule has 0 saturated carbocycles. The van der Waals surface area contributed by atoms with Crippen molar-refractivity contribution in [1.82, 2.24) is 19.5 Å². The molecule has 2 aromatic rings. The van der Waals surface area contributed by atoms with Crippen LogP contribution in [0.2, 0.25) is 0 Å². The molecule has 9 heteroatoms. The zero-order chi connectivity index (χ0) is 15.7. The summed E-state index contributed by atoms with van der Waals surface area (Å²) in [5.41, 5.74) is 5.16. The van der Waals surface area contributed by atoms with Crippen LogP contribution in [0.3, 0.4) is 0 Å². The maximum atomic E-state index is 11.1. The van der Waals surface area contributed by atoms with Crippen LogP contribution in [0.1, 0.15) is 55.1 Å². The minimum absolute atomic E-state index is 0.0690. The van der Waals surface area contributed by atoms with Crippen LogP contribution in [-0.2, 0) is 6.42 Å². The topological polar surface area (TPSA) is 111 Å². The molecule has 3 heterocycles. The number of anilines is 1. The normalized spacial score (nSPS) is 18.3. The number of nitrogens with zero attached hydrogens (tertiary/aromatic N) is 5. The van der Waals surface area contributed by atoms with E-state index in [9.17, 15) is 4.79 Å². The Morgan fingerprint density at radius 2 is 2.32 bits per heavy atom. The molecule has 118 valence electrons. The smallest absolute Gasteiger partial charge is 0.290 e. The third-order valence-corrected chi connectivity index (χ3v) is 4.29. The number of amides is 1. The number of carbonyl (C=O) groups excluding carboxylic acids is 1. The molecule has 1 atom stereocenters. The van der Waals surface area contributed by atoms with Gasteiger partial charge in [-0.3, -0.25) is 4.79 Å². The first-order chi connectivity index (χ1) is 10.5. The van der Waals surface area contributed by atoms with E-state index in [0.717, 1.165) is 36.8 Å². The van der Waals surface area contributed by atoms with Crippen LogP contribution < -0.4 is 10.6 Å². The minimum atomic E-state index is -0.685. The molecule has 1 fully saturated rings. The summed E-state index contributed by atoms with van der Waals surface area (Å²) in [4.78, 5) is 21.9. The number of hydrogen-bond donors (Lipinski definition) is 1. The number of hydrogen-bond acceptors (Lipinski definition) is 8. The van der Waals surface area contributed by atoms with Crippen LogP contribution in [0, 0.1) is 5.92 Å². The highest BCUT2D eigenvalue weighted by Gasteiger charge is 2.33. The van der Waals surface area contributed by atoms with Gasteiger partial charge < -0.3 is 15.2 Å². The van der Waals surface area contributed by atoms with Crippen molar-refractivity contribution < 1.29 is 9.32 Å². The largest absolute Gasteiger partial charge is 0.363 e. The van der Waals surface area contributed by atoms with Crippen molar-refractivity contribution in [2.75, 3.05) is 11.4 Å². The second-order valence-electron chi connectivity index (χ2n) is 5.76. The van der Waals surface area contributed by atoms with Gasteiger partial charge in [0.05, 0.1) is 0 Å². The summed E-state index contributed by atoms with van der Waals surface area (Å²) in [5.74, 6) is 1.02. The average Bonchev–Trinajstić information content (AvgIpc) is 3.17. The van der Waals surface area contributed by atoms with Gasteiger partial charge in [0.1, 0.15) is 11.9 Å². The van der Waals surface area contributed by atoms with Crippen molar-refractivity contribution >= 4 is 22.6 Å². The summed E-state index contributed by atoms with van der Waals surface area (Å²) in [6.45, 7) is 5.14. The van der Waals surface area contributed by atoms with Gasteiger partial charge in [-0.2, -0.15) is 9.36 Å². The molecule has 2 N–H and O–H groups in total. The van der Waals surface area contributed by atoms with E-state index in [2.05, 4.69) is 38.2 Å². The average molecular weight is 322 g/mol. The van der Waals surface area contributed by atoms with Crippen LogP contribution in [0.25, 0.3) is 0 Å². The van der Waals surface area contributed by atoms with Crippen molar-refractivity contribution in [2.45, 2.75) is 39.2 Å². The van der Waals surface area contributed by atoms with E-state index < -0.39 is 5.91 Å². The van der Waals surface area contributed by atoms with Crippen molar-refractivity contribution in [3.05, 3.63) is 17.5 Å². The first-order valence-electron chi connectivity index (χ1n) is 7.27. The number of carbonyl (C=O) groups is 1. The van der Waals surface area contributed by atoms with Gasteiger partial charge in [-0.1, -0.05) is 19.0 Å². The van der Waals surface area contributed by atoms with Gasteiger partial charge in [0.2, 0.25) is 11.0 Å². The maximum Gasteiger partial charge on any atom is 0.290 e. The second-order valence-corrected chi connectivity index (χ2v) is 6.49. The highest BCUT2D eigenvalue weighted by molar-refractivity contribution is 7.09. The van der Waals surface area contributed by atoms with E-state index in [1.165, 1.54) is 11.5 Å². The molecule has 1 saturated heterocycles. The molecule has 0 unspecified atom stereocenters. The highest BCUT2D eigenvalue weighted by Crippen LogP contribution is 2.36. The van der Waals surface area contributed by atoms with Crippen LogP contribution in [0.4, 0.5) is 5.13 Å². The molecule has 3 rings (SSSR count). The van der Waals surface area contributed by atoms with Crippen molar-refractivity contribution in [1.29, 1.82) is 0 Å². The van der Waals surface area contributed by atoms with E-state index in [4.69, 9.17) is 10.3 Å². The Kier molecular flexibility index (Phi) is 4.06. The lowest BCUT2D eigenvalue weighted by Gasteiger charge is -2.19. The molecular formula is C13H18N6O2S. The summed E-state index contributed by atoms with van der Waals surface area (Å²) >= 11 is 1.38. The van der Waals surface area contributed by atoms with Crippen molar-refractivity contribution in [3.8, 4) is 0 Å². The molecule has 2 aromatic heterocycles. The molecule has 0 bridgehead atoms. The number of rotatable bonds is 5. The third kappa shape index (κ3) is 2.94. The molecule has 1 aliphatic rings. The lowest BCUT2D eigenvalue weighted by Crippen LogP contribution is -2.23. The van der Waals surface area contributed by atoms with E-state index in [1.54, 1.807) is 0 Å². The predicted molar refractivity (Wildman–Crippen MR) is 80.6 cm³/mol. The molecule has 22 heavy (non-hydrogen) atoms. The van der Waals surface area contributed by atoms with Crippen molar-refractivity contribution in [2.24, 2.45) is 11.7 Å². The molecule has 1 aliphatic heterocycles. The van der Waals surface area contributed by atoms with Gasteiger partial charge in [-0.05, 0) is 18.8 Å². The van der Waals surface area contributed by atoms with Crippen LogP contribution in [-0.4, -0.2) is 32.0 Å². The fourth-order valence-electron chi connectivity index (χ4n) is 2.53. The Balaban J connectivity index is 1.80. The zero-order valence-electron chi connectivity index (χ0n) is 12.5. The monoisotopic (exact) mass is 322 g/mol. The molecule has 8 nitrogen and oxygen atoms in total. The molecular weight excluding hydrogens is 304 g/mol. The Bertz CT molecular complexity index is 667. The molecule has 0 radical (unpaired) electrons. The maximum absolute atomic E-state index is 11.1. The van der Waals surface area contributed by atoms with Crippen LogP contribution >= 0.6 is 11.5 Å². The Morgan fingerprint density at radius 3 is 3.00 bits per heavy atom. The Hall–Kier alpha value is -2.03. The fourth-order valence-corrected chi connectivity index (χ4v) is 3.30. The summed E-state index contributed by atoms with van der Waals surface area (Å²) < 4.78 is 9.60. The predicted octanol–water partition coefficient (Wildman–Crippen LogP) is 1.56. The fraction of sp³-hybridized carbons (Fsp3) is 0.615. The Labute approximate surface area is 131 Å². The SMILES string of the molecule is CC(C)Cc1nsc(N2CCC[C@H]2c2nc(C(N)=O)no2)n1. The molecule has 0 aliphatic carbocycles. The first kappa shape index (κ1) is 14.9. The minimum Gasteiger partial charge on any atom is -0.363 e. The number of aromatic nitrogens is 4. The lowest BCUT2D eigenvalue weighted by molar-refractivity contribution is 0.0987. The van der Waals surface area contributed by atoms with Crippen LogP contribution in [0.5, 0.6) is 0 Å². The van der Waals surface area contributed by atoms with Gasteiger partial charge in [-0.25, -0.2) is 4.98 Å². The van der Waals surface area contributed by atoms with E-state index >= 15 is 0 Å². The molecule has 0 spiro atoms. The number of primary amides is 1. The van der Waals surface area contributed by atoms with Crippen LogP contribution in [0.15, 0.2) is 4.52 Å². The van der Waals surface area contributed by atoms with Gasteiger partial charge in [0.15, 0.2) is 0 Å². The van der Waals surface area contributed by atoms with E-state index in [1.807, 2.05) is 0 Å². The van der Waals surface area contributed by atoms with Gasteiger partial charge in [0.25, 0.3) is 11.7 Å². The van der Waals surface area contributed by atoms with Gasteiger partial charge in [0, 0.05) is 24.5 Å². The summed E-state index contributed by atoms with van der Waals surface area (Å²) in [5, 5.41) is 4.47. The second kappa shape index (κ2) is 5.99. The van der Waals surface area contributed by atoms with E-state index in [0.29, 0.717) is 11.8 Å². The summed E-state index contributed by atoms with van der Waals surface area (Å²) in [6, 6.07) is -0.0690. The summed E-state index contributed by atoms with van der Waals surface area (Å²) in [6.07, 6.45) is 2.74. The Morgan fingerprint density at radius 1 is 1.50 bits per heavy atom. The highest BCUT2D eigenvalue weighted by atomic mass is 32.1. The van der Waals surface area contributed by atoms with Gasteiger partial charge in [-0.15, -0.1) is 0 Å². The quantitative estimate of drug-likeness (QED) is 0.889. The lowest BCUT2D eigenvalue weighted by atomic mass is 10.1. The van der Waals surface area contributed by atoms with Gasteiger partial charge >= 0.3 is 0 Å². The van der Waals surface area contributed by atoms with Crippen molar-refractivity contribution in [3.63, 3.8) is 0 Å². The molecule has 1 amide bonds. The summed E-state index contributed by atoms with van der Waals surface area (Å²) in [7, 11) is 0. The van der Waals surface area contributed by atoms with E-state index in [-0.39, 0.29) is 11.9 Å². The zero-order valence-corrected chi connectivity index (χ0v) is 13.3. The number of nitrogens with two attached hydrogens (primary N) is 1. The standard InChI is InChI=1S/C13H18N6O2S/c1-7(2)6-9-15-13(22-18-9)19-5-3-4-8(19)12-16-11(10(14)20)17-21-12/h7-8H,3-6H2,1-2H3,(H2,14,20)/t8-/m0/s1. The first-order valence-corrected chi connectivity index (χ1v) is 8.04. The molecule has 0 aromatic carbocycles.